The quantitative estimate of drug-likeness (QED) is 0.533. The molecule has 2 N–H and O–H groups in total. The first-order valence-corrected chi connectivity index (χ1v) is 11.5. The van der Waals surface area contributed by atoms with Gasteiger partial charge in [-0.2, -0.15) is 4.89 Å². The van der Waals surface area contributed by atoms with E-state index in [2.05, 4.69) is 41.3 Å². The summed E-state index contributed by atoms with van der Waals surface area (Å²) in [6, 6.07) is 23.8. The molecule has 1 fully saturated rings. The van der Waals surface area contributed by atoms with Crippen LogP contribution >= 0.6 is 0 Å². The lowest BCUT2D eigenvalue weighted by atomic mass is 9.90. The zero-order valence-corrected chi connectivity index (χ0v) is 18.7. The number of anilines is 2. The Morgan fingerprint density at radius 3 is 2.55 bits per heavy atom. The maximum atomic E-state index is 12.5. The molecule has 2 aliphatic rings. The largest absolute Gasteiger partial charge is 0.351 e. The van der Waals surface area contributed by atoms with Crippen LogP contribution in [0.25, 0.3) is 0 Å². The molecule has 0 spiro atoms. The molecule has 0 atom stereocenters. The summed E-state index contributed by atoms with van der Waals surface area (Å²) in [6.45, 7) is 3.25. The molecule has 2 aliphatic heterocycles. The highest BCUT2D eigenvalue weighted by Crippen LogP contribution is 2.35. The molecule has 0 aromatic heterocycles. The number of amides is 2. The van der Waals surface area contributed by atoms with Crippen molar-refractivity contribution in [2.24, 2.45) is 11.7 Å². The predicted octanol–water partition coefficient (Wildman–Crippen LogP) is 5.18. The minimum absolute atomic E-state index is 0.356. The number of rotatable bonds is 6. The van der Waals surface area contributed by atoms with E-state index in [9.17, 15) is 4.79 Å². The third kappa shape index (κ3) is 4.87. The molecule has 3 aromatic carbocycles. The van der Waals surface area contributed by atoms with Gasteiger partial charge in [-0.1, -0.05) is 48.5 Å². The van der Waals surface area contributed by atoms with Crippen molar-refractivity contribution < 1.29 is 14.6 Å². The highest BCUT2D eigenvalue weighted by molar-refractivity contribution is 5.99. The molecule has 6 nitrogen and oxygen atoms in total. The topological polar surface area (TPSA) is 68.0 Å². The van der Waals surface area contributed by atoms with E-state index in [1.165, 1.54) is 18.4 Å². The summed E-state index contributed by atoms with van der Waals surface area (Å²) in [7, 11) is 0. The summed E-state index contributed by atoms with van der Waals surface area (Å²) in [4.78, 5) is 26.8. The summed E-state index contributed by atoms with van der Waals surface area (Å²) < 4.78 is 0. The first-order chi connectivity index (χ1) is 16.2. The number of piperidine rings is 1. The maximum Gasteiger partial charge on any atom is 0.323 e. The molecule has 2 amide bonds. The van der Waals surface area contributed by atoms with Gasteiger partial charge in [0.25, 0.3) is 0 Å². The summed E-state index contributed by atoms with van der Waals surface area (Å²) in [5.74, 6) is 1.40. The van der Waals surface area contributed by atoms with Gasteiger partial charge in [-0.3, -0.25) is 9.80 Å². The second-order valence-electron chi connectivity index (χ2n) is 8.85. The first-order valence-electron chi connectivity index (χ1n) is 11.5. The van der Waals surface area contributed by atoms with Crippen molar-refractivity contribution in [3.8, 4) is 5.75 Å². The fourth-order valence-electron chi connectivity index (χ4n) is 4.84. The van der Waals surface area contributed by atoms with Crippen LogP contribution in [0.3, 0.4) is 0 Å². The Bertz CT molecular complexity index is 1110. The number of carbonyl (C=O) groups is 1. The van der Waals surface area contributed by atoms with Crippen LogP contribution in [0.15, 0.2) is 72.8 Å². The lowest BCUT2D eigenvalue weighted by Crippen LogP contribution is -2.36. The highest BCUT2D eigenvalue weighted by Gasteiger charge is 2.24. The number of fused-ring (bicyclic) bond motifs is 1. The van der Waals surface area contributed by atoms with Crippen molar-refractivity contribution in [2.75, 3.05) is 18.0 Å². The smallest absolute Gasteiger partial charge is 0.323 e. The fourth-order valence-corrected chi connectivity index (χ4v) is 4.84. The normalized spacial score (nSPS) is 16.2. The van der Waals surface area contributed by atoms with E-state index in [0.29, 0.717) is 18.0 Å². The van der Waals surface area contributed by atoms with Gasteiger partial charge in [-0.25, -0.2) is 4.79 Å². The lowest BCUT2D eigenvalue weighted by Gasteiger charge is -2.33. The van der Waals surface area contributed by atoms with Crippen LogP contribution in [0.2, 0.25) is 0 Å². The van der Waals surface area contributed by atoms with Crippen LogP contribution in [-0.2, 0) is 24.5 Å². The minimum Gasteiger partial charge on any atom is -0.351 e. The number of nitrogens with two attached hydrogens (primary N) is 1. The van der Waals surface area contributed by atoms with Crippen molar-refractivity contribution in [3.05, 3.63) is 89.5 Å². The van der Waals surface area contributed by atoms with E-state index in [1.54, 1.807) is 4.90 Å². The summed E-state index contributed by atoms with van der Waals surface area (Å²) in [6.07, 6.45) is 3.51. The second-order valence-corrected chi connectivity index (χ2v) is 8.85. The Balaban J connectivity index is 1.30. The van der Waals surface area contributed by atoms with Crippen molar-refractivity contribution in [2.45, 2.75) is 32.4 Å². The van der Waals surface area contributed by atoms with Gasteiger partial charge in [0.15, 0.2) is 5.75 Å². The van der Waals surface area contributed by atoms with Crippen LogP contribution in [0.5, 0.6) is 5.75 Å². The molecule has 170 valence electrons. The number of nitrogens with zero attached hydrogens (tertiary/aromatic N) is 2. The maximum absolute atomic E-state index is 12.5. The molecule has 0 aliphatic carbocycles. The van der Waals surface area contributed by atoms with E-state index in [0.717, 1.165) is 48.8 Å². The van der Waals surface area contributed by atoms with E-state index < -0.39 is 6.03 Å². The molecule has 0 saturated carbocycles. The highest BCUT2D eigenvalue weighted by atomic mass is 17.2. The van der Waals surface area contributed by atoms with Gasteiger partial charge >= 0.3 is 6.03 Å². The van der Waals surface area contributed by atoms with Gasteiger partial charge in [-0.05, 0) is 73.7 Å². The average Bonchev–Trinajstić information content (AvgIpc) is 3.30. The number of likely N-dealkylation sites (tertiary alicyclic amines) is 1. The number of hydrogen-bond acceptors (Lipinski definition) is 4. The van der Waals surface area contributed by atoms with Crippen molar-refractivity contribution in [1.29, 1.82) is 0 Å². The Morgan fingerprint density at radius 1 is 1.00 bits per heavy atom. The molecular weight excluding hydrogens is 414 g/mol. The van der Waals surface area contributed by atoms with Gasteiger partial charge in [0.1, 0.15) is 6.61 Å². The number of para-hydroxylation sites is 1. The molecule has 33 heavy (non-hydrogen) atoms. The number of primary amides is 1. The van der Waals surface area contributed by atoms with Crippen LogP contribution < -0.4 is 15.5 Å². The van der Waals surface area contributed by atoms with Gasteiger partial charge < -0.3 is 10.6 Å². The number of urea groups is 1. The zero-order valence-electron chi connectivity index (χ0n) is 18.7. The minimum atomic E-state index is -0.510. The van der Waals surface area contributed by atoms with Crippen LogP contribution in [-0.4, -0.2) is 24.0 Å². The molecule has 0 bridgehead atoms. The van der Waals surface area contributed by atoms with Crippen LogP contribution in [0, 0.1) is 5.92 Å². The standard InChI is InChI=1S/C27H29N3O3/c28-27(31)30(24-10-11-26-23(17-24)19-32-33-26)25-9-5-4-8-22(25)18-29-14-12-21(13-15-29)16-20-6-2-1-3-7-20/h1-11,17,21H,12-16,18-19H2,(H2,28,31). The first kappa shape index (κ1) is 21.5. The average molecular weight is 444 g/mol. The molecule has 0 unspecified atom stereocenters. The third-order valence-electron chi connectivity index (χ3n) is 6.59. The van der Waals surface area contributed by atoms with Crippen molar-refractivity contribution >= 4 is 17.4 Å². The fraction of sp³-hybridized carbons (Fsp3) is 0.296. The zero-order chi connectivity index (χ0) is 22.6. The number of benzene rings is 3. The summed E-state index contributed by atoms with van der Waals surface area (Å²) in [5.41, 5.74) is 10.8. The van der Waals surface area contributed by atoms with Gasteiger partial charge in [0.2, 0.25) is 0 Å². The SMILES string of the molecule is NC(=O)N(c1ccc2c(c1)COO2)c1ccccc1CN1CCC(Cc2ccccc2)CC1. The lowest BCUT2D eigenvalue weighted by molar-refractivity contribution is -0.194. The molecule has 6 heteroatoms. The molecule has 0 radical (unpaired) electrons. The Morgan fingerprint density at radius 2 is 1.76 bits per heavy atom. The summed E-state index contributed by atoms with van der Waals surface area (Å²) in [5, 5.41) is 0. The van der Waals surface area contributed by atoms with E-state index in [-0.39, 0.29) is 0 Å². The van der Waals surface area contributed by atoms with E-state index in [1.807, 2.05) is 36.4 Å². The predicted molar refractivity (Wildman–Crippen MR) is 128 cm³/mol. The second kappa shape index (κ2) is 9.65. The molecular formula is C27H29N3O3. The Labute approximate surface area is 194 Å². The molecule has 5 rings (SSSR count). The van der Waals surface area contributed by atoms with Gasteiger partial charge in [0.05, 0.1) is 11.4 Å². The Kier molecular flexibility index (Phi) is 6.28. The molecule has 1 saturated heterocycles. The van der Waals surface area contributed by atoms with Gasteiger partial charge in [-0.15, -0.1) is 0 Å². The molecule has 3 aromatic rings. The van der Waals surface area contributed by atoms with Crippen LogP contribution in [0.1, 0.15) is 29.5 Å². The number of hydrogen-bond donors (Lipinski definition) is 1. The van der Waals surface area contributed by atoms with E-state index in [4.69, 9.17) is 15.5 Å². The van der Waals surface area contributed by atoms with Crippen LogP contribution in [0.4, 0.5) is 16.2 Å². The van der Waals surface area contributed by atoms with E-state index >= 15 is 0 Å². The Hall–Kier alpha value is -3.35. The summed E-state index contributed by atoms with van der Waals surface area (Å²) >= 11 is 0. The third-order valence-corrected chi connectivity index (χ3v) is 6.59. The molecule has 2 heterocycles. The monoisotopic (exact) mass is 443 g/mol. The van der Waals surface area contributed by atoms with Crippen molar-refractivity contribution in [3.63, 3.8) is 0 Å². The van der Waals surface area contributed by atoms with Crippen molar-refractivity contribution in [1.82, 2.24) is 4.90 Å². The number of carbonyl (C=O) groups excluding carboxylic acids is 1. The van der Waals surface area contributed by atoms with Gasteiger partial charge in [0, 0.05) is 12.1 Å².